The highest BCUT2D eigenvalue weighted by atomic mass is 32.1. The Hall–Kier alpha value is -4.45. The topological polar surface area (TPSA) is 94.0 Å². The van der Waals surface area contributed by atoms with Crippen molar-refractivity contribution in [3.05, 3.63) is 83.6 Å². The summed E-state index contributed by atoms with van der Waals surface area (Å²) in [6.07, 6.45) is -1.39. The summed E-state index contributed by atoms with van der Waals surface area (Å²) < 4.78 is 46.8. The van der Waals surface area contributed by atoms with Crippen LogP contribution in [0.3, 0.4) is 0 Å². The molecule has 0 fully saturated rings. The average molecular weight is 511 g/mol. The van der Waals surface area contributed by atoms with Crippen LogP contribution in [0.1, 0.15) is 16.1 Å². The number of benzene rings is 2. The summed E-state index contributed by atoms with van der Waals surface area (Å²) in [4.78, 5) is 25.0. The number of nitrogens with zero attached hydrogens (tertiary/aromatic N) is 4. The molecule has 8 nitrogen and oxygen atoms in total. The lowest BCUT2D eigenvalue weighted by atomic mass is 10.2. The zero-order valence-corrected chi connectivity index (χ0v) is 19.4. The maximum Gasteiger partial charge on any atom is 0.416 e. The third kappa shape index (κ3) is 4.98. The van der Waals surface area contributed by atoms with Crippen molar-refractivity contribution in [1.29, 1.82) is 0 Å². The number of aryl methyl sites for hydroxylation is 1. The van der Waals surface area contributed by atoms with Gasteiger partial charge in [0.1, 0.15) is 17.2 Å². The zero-order chi connectivity index (χ0) is 25.3. The lowest BCUT2D eigenvalue weighted by Gasteiger charge is -2.10. The Morgan fingerprint density at radius 2 is 1.86 bits per heavy atom. The molecule has 0 radical (unpaired) electrons. The van der Waals surface area contributed by atoms with E-state index in [0.29, 0.717) is 28.1 Å². The van der Waals surface area contributed by atoms with Gasteiger partial charge in [-0.15, -0.1) is 11.3 Å². The van der Waals surface area contributed by atoms with Crippen molar-refractivity contribution >= 4 is 45.0 Å². The second-order valence-corrected chi connectivity index (χ2v) is 8.51. The Morgan fingerprint density at radius 3 is 2.64 bits per heavy atom. The van der Waals surface area contributed by atoms with Crippen LogP contribution in [-0.4, -0.2) is 25.4 Å². The van der Waals surface area contributed by atoms with Crippen LogP contribution in [0.25, 0.3) is 11.0 Å². The molecule has 0 aliphatic heterocycles. The monoisotopic (exact) mass is 510 g/mol. The Kier molecular flexibility index (Phi) is 6.02. The van der Waals surface area contributed by atoms with Crippen molar-refractivity contribution in [2.75, 3.05) is 10.6 Å². The molecule has 36 heavy (non-hydrogen) atoms. The number of amides is 1. The summed E-state index contributed by atoms with van der Waals surface area (Å²) in [6.45, 7) is 0. The van der Waals surface area contributed by atoms with Crippen molar-refractivity contribution in [3.8, 4) is 11.5 Å². The molecule has 0 unspecified atom stereocenters. The SMILES string of the molecule is Cn1c(Nc2cccc(C(F)(F)F)c2)nc2cc(Oc3ccnc(C(=O)Nc4nccs4)c3)ccc21. The van der Waals surface area contributed by atoms with E-state index in [4.69, 9.17) is 4.74 Å². The molecule has 0 atom stereocenters. The molecule has 0 bridgehead atoms. The van der Waals surface area contributed by atoms with Gasteiger partial charge in [-0.2, -0.15) is 13.2 Å². The van der Waals surface area contributed by atoms with Gasteiger partial charge in [0.05, 0.1) is 16.6 Å². The third-order valence-corrected chi connectivity index (χ3v) is 5.84. The fourth-order valence-corrected chi connectivity index (χ4v) is 3.96. The van der Waals surface area contributed by atoms with Gasteiger partial charge in [-0.1, -0.05) is 6.07 Å². The van der Waals surface area contributed by atoms with Crippen LogP contribution in [0, 0.1) is 0 Å². The molecule has 0 spiro atoms. The number of hydrogen-bond acceptors (Lipinski definition) is 7. The Morgan fingerprint density at radius 1 is 1.03 bits per heavy atom. The van der Waals surface area contributed by atoms with Crippen molar-refractivity contribution in [3.63, 3.8) is 0 Å². The number of pyridine rings is 1. The van der Waals surface area contributed by atoms with E-state index in [-0.39, 0.29) is 11.4 Å². The number of nitrogens with one attached hydrogen (secondary N) is 2. The molecule has 5 rings (SSSR count). The van der Waals surface area contributed by atoms with E-state index < -0.39 is 17.6 Å². The standard InChI is InChI=1S/C24H17F3N6O2S/c1-33-20-6-5-16(35-17-7-8-28-19(13-17)21(34)32-23-29-9-10-36-23)12-18(20)31-22(33)30-15-4-2-3-14(11-15)24(25,26)27/h2-13H,1H3,(H,30,31)(H,29,32,34). The van der Waals surface area contributed by atoms with Gasteiger partial charge in [0, 0.05) is 42.6 Å². The van der Waals surface area contributed by atoms with Gasteiger partial charge in [-0.05, 0) is 36.4 Å². The molecule has 0 aliphatic carbocycles. The Labute approximate surface area is 206 Å². The lowest BCUT2D eigenvalue weighted by Crippen LogP contribution is -2.13. The average Bonchev–Trinajstić information content (AvgIpc) is 3.46. The zero-order valence-electron chi connectivity index (χ0n) is 18.6. The van der Waals surface area contributed by atoms with Gasteiger partial charge in [0.25, 0.3) is 5.91 Å². The lowest BCUT2D eigenvalue weighted by molar-refractivity contribution is -0.137. The van der Waals surface area contributed by atoms with Gasteiger partial charge in [0.15, 0.2) is 5.13 Å². The predicted molar refractivity (Wildman–Crippen MR) is 130 cm³/mol. The number of hydrogen-bond donors (Lipinski definition) is 2. The van der Waals surface area contributed by atoms with Crippen LogP contribution >= 0.6 is 11.3 Å². The summed E-state index contributed by atoms with van der Waals surface area (Å²) in [5.41, 5.74) is 0.989. The van der Waals surface area contributed by atoms with E-state index in [1.165, 1.54) is 35.7 Å². The first-order valence-electron chi connectivity index (χ1n) is 10.5. The van der Waals surface area contributed by atoms with Crippen LogP contribution in [0.15, 0.2) is 72.4 Å². The number of ether oxygens (including phenoxy) is 1. The van der Waals surface area contributed by atoms with Crippen molar-refractivity contribution < 1.29 is 22.7 Å². The van der Waals surface area contributed by atoms with Gasteiger partial charge in [-0.3, -0.25) is 15.1 Å². The van der Waals surface area contributed by atoms with Gasteiger partial charge in [-0.25, -0.2) is 9.97 Å². The molecule has 2 N–H and O–H groups in total. The number of halogens is 3. The minimum Gasteiger partial charge on any atom is -0.457 e. The molecule has 3 aromatic heterocycles. The van der Waals surface area contributed by atoms with E-state index >= 15 is 0 Å². The smallest absolute Gasteiger partial charge is 0.416 e. The van der Waals surface area contributed by atoms with E-state index in [2.05, 4.69) is 25.6 Å². The van der Waals surface area contributed by atoms with Crippen LogP contribution in [0.4, 0.5) is 29.9 Å². The molecular weight excluding hydrogens is 493 g/mol. The van der Waals surface area contributed by atoms with Crippen LogP contribution in [-0.2, 0) is 13.2 Å². The highest BCUT2D eigenvalue weighted by Crippen LogP contribution is 2.32. The summed E-state index contributed by atoms with van der Waals surface area (Å²) in [5, 5.41) is 7.81. The van der Waals surface area contributed by atoms with E-state index in [9.17, 15) is 18.0 Å². The predicted octanol–water partition coefficient (Wildman–Crippen LogP) is 6.23. The van der Waals surface area contributed by atoms with Crippen LogP contribution in [0.2, 0.25) is 0 Å². The fourth-order valence-electron chi connectivity index (χ4n) is 3.44. The number of imidazole rings is 1. The molecule has 2 aromatic carbocycles. The first-order valence-corrected chi connectivity index (χ1v) is 11.4. The number of rotatable bonds is 6. The van der Waals surface area contributed by atoms with E-state index in [1.54, 1.807) is 47.5 Å². The third-order valence-electron chi connectivity index (χ3n) is 5.15. The van der Waals surface area contributed by atoms with Crippen molar-refractivity contribution in [2.45, 2.75) is 6.18 Å². The normalized spacial score (nSPS) is 11.4. The minimum absolute atomic E-state index is 0.161. The second-order valence-electron chi connectivity index (χ2n) is 7.62. The van der Waals surface area contributed by atoms with Gasteiger partial charge in [0.2, 0.25) is 5.95 Å². The molecule has 3 heterocycles. The van der Waals surface area contributed by atoms with Crippen LogP contribution in [0.5, 0.6) is 11.5 Å². The van der Waals surface area contributed by atoms with Crippen LogP contribution < -0.4 is 15.4 Å². The van der Waals surface area contributed by atoms with Crippen molar-refractivity contribution in [2.24, 2.45) is 7.05 Å². The maximum atomic E-state index is 13.0. The number of fused-ring (bicyclic) bond motifs is 1. The number of aromatic nitrogens is 4. The number of thiazole rings is 1. The first-order chi connectivity index (χ1) is 17.3. The minimum atomic E-state index is -4.44. The summed E-state index contributed by atoms with van der Waals surface area (Å²) in [6, 6.07) is 13.2. The Bertz CT molecular complexity index is 1550. The summed E-state index contributed by atoms with van der Waals surface area (Å²) in [5.74, 6) is 0.808. The molecule has 0 saturated heterocycles. The van der Waals surface area contributed by atoms with Crippen molar-refractivity contribution in [1.82, 2.24) is 19.5 Å². The number of anilines is 3. The highest BCUT2D eigenvalue weighted by Gasteiger charge is 2.30. The Balaban J connectivity index is 1.35. The van der Waals surface area contributed by atoms with Gasteiger partial charge >= 0.3 is 6.18 Å². The van der Waals surface area contributed by atoms with Gasteiger partial charge < -0.3 is 14.6 Å². The fraction of sp³-hybridized carbons (Fsp3) is 0.0833. The molecule has 12 heteroatoms. The summed E-state index contributed by atoms with van der Waals surface area (Å²) in [7, 11) is 1.75. The first kappa shape index (κ1) is 23.3. The molecule has 1 amide bonds. The number of carbonyl (C=O) groups is 1. The highest BCUT2D eigenvalue weighted by molar-refractivity contribution is 7.13. The van der Waals surface area contributed by atoms with E-state index in [1.807, 2.05) is 0 Å². The van der Waals surface area contributed by atoms with E-state index in [0.717, 1.165) is 17.6 Å². The number of carbonyl (C=O) groups excluding carboxylic acids is 1. The molecular formula is C24H17F3N6O2S. The largest absolute Gasteiger partial charge is 0.457 e. The molecule has 0 saturated carbocycles. The second kappa shape index (κ2) is 9.30. The molecule has 182 valence electrons. The molecule has 0 aliphatic rings. The summed E-state index contributed by atoms with van der Waals surface area (Å²) >= 11 is 1.29. The maximum absolute atomic E-state index is 13.0. The number of alkyl halides is 3. The quantitative estimate of drug-likeness (QED) is 0.281. The molecule has 5 aromatic rings.